The molecule has 0 spiro atoms. The number of carbonyl (C=O) groups is 3. The Morgan fingerprint density at radius 2 is 1.93 bits per heavy atom. The highest BCUT2D eigenvalue weighted by Crippen LogP contribution is 2.24. The van der Waals surface area contributed by atoms with Crippen LogP contribution in [0.3, 0.4) is 0 Å². The molecule has 7 heteroatoms. The fourth-order valence-corrected chi connectivity index (χ4v) is 3.97. The van der Waals surface area contributed by atoms with Crippen LogP contribution < -0.4 is 5.32 Å². The number of Topliss-reactive ketones (excluding diaryl/α,β-unsaturated/α-hetero) is 1. The number of amides is 2. The van der Waals surface area contributed by atoms with E-state index in [0.29, 0.717) is 36.5 Å². The summed E-state index contributed by atoms with van der Waals surface area (Å²) in [5.41, 5.74) is 2.92. The second-order valence-corrected chi connectivity index (χ2v) is 7.80. The summed E-state index contributed by atoms with van der Waals surface area (Å²) in [4.78, 5) is 47.5. The van der Waals surface area contributed by atoms with Gasteiger partial charge >= 0.3 is 0 Å². The zero-order chi connectivity index (χ0) is 21.3. The zero-order valence-corrected chi connectivity index (χ0v) is 17.1. The number of hydrogen-bond acceptors (Lipinski definition) is 4. The van der Waals surface area contributed by atoms with E-state index in [-0.39, 0.29) is 18.4 Å². The average Bonchev–Trinajstić information content (AvgIpc) is 3.10. The summed E-state index contributed by atoms with van der Waals surface area (Å²) in [7, 11) is 0. The smallest absolute Gasteiger partial charge is 0.295 e. The van der Waals surface area contributed by atoms with E-state index in [1.807, 2.05) is 37.3 Å². The Labute approximate surface area is 174 Å². The topological polar surface area (TPSA) is 95.2 Å². The molecule has 1 saturated heterocycles. The number of piperidine rings is 1. The highest BCUT2D eigenvalue weighted by Gasteiger charge is 2.33. The molecule has 7 nitrogen and oxygen atoms in total. The molecule has 3 aromatic rings. The number of fused-ring (bicyclic) bond motifs is 1. The third-order valence-corrected chi connectivity index (χ3v) is 5.56. The van der Waals surface area contributed by atoms with Crippen molar-refractivity contribution in [1.82, 2.24) is 14.9 Å². The minimum absolute atomic E-state index is 0.181. The molecule has 2 amide bonds. The molecule has 2 N–H and O–H groups in total. The Balaban J connectivity index is 1.47. The number of nitrogens with one attached hydrogen (secondary N) is 2. The van der Waals surface area contributed by atoms with Gasteiger partial charge < -0.3 is 15.2 Å². The number of anilines is 1. The number of hydrogen-bond donors (Lipinski definition) is 2. The number of pyridine rings is 1. The van der Waals surface area contributed by atoms with Gasteiger partial charge in [0.25, 0.3) is 11.7 Å². The SMILES string of the molecule is Cc1ccc(NC(=O)C2CCCN(C(=O)C(=O)c3c(C)[nH]c4ccccc34)C2)nc1. The van der Waals surface area contributed by atoms with Gasteiger partial charge in [-0.15, -0.1) is 0 Å². The number of aromatic amines is 1. The molecule has 3 heterocycles. The summed E-state index contributed by atoms with van der Waals surface area (Å²) < 4.78 is 0. The number of H-pyrrole nitrogens is 1. The fourth-order valence-electron chi connectivity index (χ4n) is 3.97. The van der Waals surface area contributed by atoms with Crippen molar-refractivity contribution in [3.8, 4) is 0 Å². The zero-order valence-electron chi connectivity index (χ0n) is 17.1. The molecule has 4 rings (SSSR count). The van der Waals surface area contributed by atoms with Crippen molar-refractivity contribution in [3.05, 3.63) is 59.4 Å². The fraction of sp³-hybridized carbons (Fsp3) is 0.304. The van der Waals surface area contributed by atoms with Gasteiger partial charge in [0.05, 0.1) is 11.5 Å². The summed E-state index contributed by atoms with van der Waals surface area (Å²) in [6.07, 6.45) is 3.03. The van der Waals surface area contributed by atoms with Crippen LogP contribution in [-0.2, 0) is 9.59 Å². The van der Waals surface area contributed by atoms with E-state index in [2.05, 4.69) is 15.3 Å². The van der Waals surface area contributed by atoms with Crippen LogP contribution in [-0.4, -0.2) is 45.6 Å². The van der Waals surface area contributed by atoms with E-state index in [9.17, 15) is 14.4 Å². The van der Waals surface area contributed by atoms with Gasteiger partial charge in [0, 0.05) is 35.9 Å². The van der Waals surface area contributed by atoms with Crippen molar-refractivity contribution in [2.45, 2.75) is 26.7 Å². The summed E-state index contributed by atoms with van der Waals surface area (Å²) in [6, 6.07) is 11.1. The molecule has 154 valence electrons. The van der Waals surface area contributed by atoms with Crippen LogP contribution in [0.1, 0.15) is 34.5 Å². The van der Waals surface area contributed by atoms with Crippen molar-refractivity contribution in [2.24, 2.45) is 5.92 Å². The largest absolute Gasteiger partial charge is 0.358 e. The molecule has 0 radical (unpaired) electrons. The second-order valence-electron chi connectivity index (χ2n) is 7.80. The highest BCUT2D eigenvalue weighted by molar-refractivity contribution is 6.45. The third kappa shape index (κ3) is 3.83. The minimum Gasteiger partial charge on any atom is -0.358 e. The number of aromatic nitrogens is 2. The van der Waals surface area contributed by atoms with Gasteiger partial charge in [-0.2, -0.15) is 0 Å². The average molecular weight is 404 g/mol. The number of aryl methyl sites for hydroxylation is 2. The van der Waals surface area contributed by atoms with Crippen molar-refractivity contribution >= 4 is 34.3 Å². The maximum atomic E-state index is 13.0. The van der Waals surface area contributed by atoms with Crippen molar-refractivity contribution in [1.29, 1.82) is 0 Å². The molecule has 30 heavy (non-hydrogen) atoms. The Bertz CT molecular complexity index is 1120. The van der Waals surface area contributed by atoms with Crippen LogP contribution in [0.5, 0.6) is 0 Å². The monoisotopic (exact) mass is 404 g/mol. The van der Waals surface area contributed by atoms with Gasteiger partial charge in [0.1, 0.15) is 5.82 Å². The highest BCUT2D eigenvalue weighted by atomic mass is 16.2. The number of carbonyl (C=O) groups excluding carboxylic acids is 3. The number of likely N-dealkylation sites (tertiary alicyclic amines) is 1. The van der Waals surface area contributed by atoms with Gasteiger partial charge in [-0.05, 0) is 44.4 Å². The molecular formula is C23H24N4O3. The summed E-state index contributed by atoms with van der Waals surface area (Å²) >= 11 is 0. The van der Waals surface area contributed by atoms with Gasteiger partial charge in [-0.1, -0.05) is 24.3 Å². The van der Waals surface area contributed by atoms with Crippen LogP contribution >= 0.6 is 0 Å². The normalized spacial score (nSPS) is 16.5. The summed E-state index contributed by atoms with van der Waals surface area (Å²) in [5, 5.41) is 3.55. The van der Waals surface area contributed by atoms with Gasteiger partial charge in [-0.3, -0.25) is 14.4 Å². The first kappa shape index (κ1) is 19.8. The van der Waals surface area contributed by atoms with E-state index in [1.165, 1.54) is 4.90 Å². The van der Waals surface area contributed by atoms with E-state index < -0.39 is 11.7 Å². The lowest BCUT2D eigenvalue weighted by molar-refractivity contribution is -0.130. The van der Waals surface area contributed by atoms with Gasteiger partial charge in [0.2, 0.25) is 5.91 Å². The Kier molecular flexibility index (Phi) is 5.35. The molecule has 1 aromatic carbocycles. The molecule has 1 unspecified atom stereocenters. The maximum absolute atomic E-state index is 13.0. The van der Waals surface area contributed by atoms with Gasteiger partial charge in [0.15, 0.2) is 0 Å². The van der Waals surface area contributed by atoms with Crippen LogP contribution in [0.4, 0.5) is 5.82 Å². The first-order valence-corrected chi connectivity index (χ1v) is 10.1. The lowest BCUT2D eigenvalue weighted by atomic mass is 9.96. The number of nitrogens with zero attached hydrogens (tertiary/aromatic N) is 2. The van der Waals surface area contributed by atoms with E-state index in [1.54, 1.807) is 19.2 Å². The lowest BCUT2D eigenvalue weighted by Crippen LogP contribution is -2.46. The summed E-state index contributed by atoms with van der Waals surface area (Å²) in [6.45, 7) is 4.42. The molecule has 0 aliphatic carbocycles. The van der Waals surface area contributed by atoms with Crippen molar-refractivity contribution in [2.75, 3.05) is 18.4 Å². The molecule has 1 aliphatic rings. The number of rotatable bonds is 4. The third-order valence-electron chi connectivity index (χ3n) is 5.56. The van der Waals surface area contributed by atoms with Gasteiger partial charge in [-0.25, -0.2) is 4.98 Å². The standard InChI is InChI=1S/C23H24N4O3/c1-14-9-10-19(24-12-14)26-22(29)16-6-5-11-27(13-16)23(30)21(28)20-15(2)25-18-8-4-3-7-17(18)20/h3-4,7-10,12,16,25H,5-6,11,13H2,1-2H3,(H,24,26,29). The number of benzene rings is 1. The Morgan fingerprint density at radius 1 is 1.13 bits per heavy atom. The number of ketones is 1. The minimum atomic E-state index is -0.561. The Hall–Kier alpha value is -3.48. The van der Waals surface area contributed by atoms with Crippen molar-refractivity contribution in [3.63, 3.8) is 0 Å². The second kappa shape index (κ2) is 8.10. The molecule has 1 atom stereocenters. The Morgan fingerprint density at radius 3 is 2.70 bits per heavy atom. The predicted octanol–water partition coefficient (Wildman–Crippen LogP) is 3.24. The first-order chi connectivity index (χ1) is 14.4. The number of para-hydroxylation sites is 1. The summed E-state index contributed by atoms with van der Waals surface area (Å²) in [5.74, 6) is -1.16. The lowest BCUT2D eigenvalue weighted by Gasteiger charge is -2.31. The van der Waals surface area contributed by atoms with Crippen LogP contribution in [0.25, 0.3) is 10.9 Å². The van der Waals surface area contributed by atoms with Crippen molar-refractivity contribution < 1.29 is 14.4 Å². The van der Waals surface area contributed by atoms with E-state index in [0.717, 1.165) is 16.5 Å². The van der Waals surface area contributed by atoms with Crippen LogP contribution in [0.2, 0.25) is 0 Å². The molecular weight excluding hydrogens is 380 g/mol. The van der Waals surface area contributed by atoms with Crippen LogP contribution in [0.15, 0.2) is 42.6 Å². The van der Waals surface area contributed by atoms with E-state index >= 15 is 0 Å². The van der Waals surface area contributed by atoms with E-state index in [4.69, 9.17) is 0 Å². The predicted molar refractivity (Wildman–Crippen MR) is 114 cm³/mol. The first-order valence-electron chi connectivity index (χ1n) is 10.1. The van der Waals surface area contributed by atoms with Crippen LogP contribution in [0, 0.1) is 19.8 Å². The molecule has 0 bridgehead atoms. The quantitative estimate of drug-likeness (QED) is 0.515. The maximum Gasteiger partial charge on any atom is 0.295 e. The molecule has 2 aromatic heterocycles. The molecule has 1 fully saturated rings. The molecule has 0 saturated carbocycles. The molecule has 1 aliphatic heterocycles.